The zero-order chi connectivity index (χ0) is 17.3. The van der Waals surface area contributed by atoms with Crippen molar-refractivity contribution in [3.63, 3.8) is 0 Å². The molecule has 0 saturated carbocycles. The van der Waals surface area contributed by atoms with Crippen molar-refractivity contribution >= 4 is 0 Å². The zero-order valence-corrected chi connectivity index (χ0v) is 14.1. The highest BCUT2D eigenvalue weighted by Crippen LogP contribution is 2.42. The Bertz CT molecular complexity index is 779. The highest BCUT2D eigenvalue weighted by atomic mass is 16.5. The van der Waals surface area contributed by atoms with E-state index in [0.29, 0.717) is 6.42 Å². The fourth-order valence-corrected chi connectivity index (χ4v) is 3.28. The van der Waals surface area contributed by atoms with E-state index >= 15 is 0 Å². The molecule has 0 fully saturated rings. The minimum atomic E-state index is -0.736. The van der Waals surface area contributed by atoms with E-state index < -0.39 is 12.2 Å². The molecule has 2 aromatic carbocycles. The third-order valence-electron chi connectivity index (χ3n) is 4.70. The topological polar surface area (TPSA) is 58.9 Å². The SMILES string of the molecule is COc1ccc(OC)c(CC2=C(C)C(O)c3ccccc3C2O)c1. The van der Waals surface area contributed by atoms with Crippen LogP contribution in [0.1, 0.15) is 35.8 Å². The Morgan fingerprint density at radius 2 is 1.58 bits per heavy atom. The van der Waals surface area contributed by atoms with Crippen LogP contribution in [0.15, 0.2) is 53.6 Å². The minimum absolute atomic E-state index is 0.485. The molecule has 3 rings (SSSR count). The van der Waals surface area contributed by atoms with E-state index in [1.165, 1.54) is 0 Å². The molecule has 0 saturated heterocycles. The van der Waals surface area contributed by atoms with Gasteiger partial charge in [-0.15, -0.1) is 0 Å². The molecule has 2 aromatic rings. The Hall–Kier alpha value is -2.30. The largest absolute Gasteiger partial charge is 0.497 e. The van der Waals surface area contributed by atoms with Crippen molar-refractivity contribution < 1.29 is 19.7 Å². The number of ether oxygens (including phenoxy) is 2. The van der Waals surface area contributed by atoms with E-state index in [-0.39, 0.29) is 0 Å². The third-order valence-corrected chi connectivity index (χ3v) is 4.70. The molecular weight excluding hydrogens is 304 g/mol. The second-order valence-electron chi connectivity index (χ2n) is 6.00. The second kappa shape index (κ2) is 6.67. The first-order valence-electron chi connectivity index (χ1n) is 7.92. The van der Waals surface area contributed by atoms with Crippen LogP contribution in [0.25, 0.3) is 0 Å². The number of aliphatic hydroxyl groups excluding tert-OH is 2. The first-order chi connectivity index (χ1) is 11.6. The first-order valence-corrected chi connectivity index (χ1v) is 7.92. The van der Waals surface area contributed by atoms with Crippen molar-refractivity contribution in [3.05, 3.63) is 70.3 Å². The van der Waals surface area contributed by atoms with Crippen LogP contribution in [0.2, 0.25) is 0 Å². The normalized spacial score (nSPS) is 19.9. The fraction of sp³-hybridized carbons (Fsp3) is 0.300. The van der Waals surface area contributed by atoms with Crippen molar-refractivity contribution in [1.29, 1.82) is 0 Å². The average Bonchev–Trinajstić information content (AvgIpc) is 2.63. The van der Waals surface area contributed by atoms with Crippen molar-refractivity contribution in [2.45, 2.75) is 25.6 Å². The number of aliphatic hydroxyl groups is 2. The van der Waals surface area contributed by atoms with E-state index in [1.807, 2.05) is 49.4 Å². The number of fused-ring (bicyclic) bond motifs is 1. The quantitative estimate of drug-likeness (QED) is 0.846. The van der Waals surface area contributed by atoms with Crippen molar-refractivity contribution in [2.75, 3.05) is 14.2 Å². The lowest BCUT2D eigenvalue weighted by molar-refractivity contribution is 0.166. The van der Waals surface area contributed by atoms with E-state index in [2.05, 4.69) is 0 Å². The summed E-state index contributed by atoms with van der Waals surface area (Å²) in [4.78, 5) is 0. The summed E-state index contributed by atoms with van der Waals surface area (Å²) in [6.45, 7) is 1.87. The Kier molecular flexibility index (Phi) is 4.60. The van der Waals surface area contributed by atoms with Gasteiger partial charge < -0.3 is 19.7 Å². The van der Waals surface area contributed by atoms with Crippen LogP contribution < -0.4 is 9.47 Å². The molecule has 0 amide bonds. The number of benzene rings is 2. The lowest BCUT2D eigenvalue weighted by Gasteiger charge is -2.30. The number of hydrogen-bond acceptors (Lipinski definition) is 4. The van der Waals surface area contributed by atoms with Gasteiger partial charge >= 0.3 is 0 Å². The van der Waals surface area contributed by atoms with Gasteiger partial charge in [0.2, 0.25) is 0 Å². The average molecular weight is 326 g/mol. The Labute approximate surface area is 142 Å². The molecule has 2 atom stereocenters. The van der Waals surface area contributed by atoms with E-state index in [0.717, 1.165) is 39.3 Å². The molecule has 1 aliphatic rings. The van der Waals surface area contributed by atoms with Crippen LogP contribution in [-0.4, -0.2) is 24.4 Å². The van der Waals surface area contributed by atoms with Crippen LogP contribution >= 0.6 is 0 Å². The highest BCUT2D eigenvalue weighted by Gasteiger charge is 2.30. The molecule has 4 heteroatoms. The molecule has 0 spiro atoms. The standard InChI is InChI=1S/C20H22O4/c1-12-17(11-13-10-14(23-2)8-9-18(13)24-3)20(22)16-7-5-4-6-15(16)19(12)21/h4-10,19-22H,11H2,1-3H3. The summed E-state index contributed by atoms with van der Waals surface area (Å²) in [5.74, 6) is 1.46. The maximum atomic E-state index is 10.8. The second-order valence-corrected chi connectivity index (χ2v) is 6.00. The molecule has 0 aromatic heterocycles. The van der Waals surface area contributed by atoms with Crippen LogP contribution in [0.5, 0.6) is 11.5 Å². The first kappa shape index (κ1) is 16.6. The van der Waals surface area contributed by atoms with Gasteiger partial charge in [0.25, 0.3) is 0 Å². The van der Waals surface area contributed by atoms with Crippen molar-refractivity contribution in [1.82, 2.24) is 0 Å². The van der Waals surface area contributed by atoms with E-state index in [1.54, 1.807) is 14.2 Å². The maximum absolute atomic E-state index is 10.8. The Balaban J connectivity index is 2.02. The summed E-state index contributed by atoms with van der Waals surface area (Å²) in [6, 6.07) is 13.1. The molecule has 24 heavy (non-hydrogen) atoms. The molecule has 1 aliphatic carbocycles. The van der Waals surface area contributed by atoms with Gasteiger partial charge in [-0.3, -0.25) is 0 Å². The molecule has 2 N–H and O–H groups in total. The Morgan fingerprint density at radius 1 is 0.917 bits per heavy atom. The highest BCUT2D eigenvalue weighted by molar-refractivity contribution is 5.49. The number of rotatable bonds is 4. The van der Waals surface area contributed by atoms with Gasteiger partial charge in [-0.05, 0) is 47.4 Å². The fourth-order valence-electron chi connectivity index (χ4n) is 3.28. The van der Waals surface area contributed by atoms with E-state index in [9.17, 15) is 10.2 Å². The molecule has 0 radical (unpaired) electrons. The van der Waals surface area contributed by atoms with Crippen LogP contribution in [0.3, 0.4) is 0 Å². The van der Waals surface area contributed by atoms with Crippen molar-refractivity contribution in [2.24, 2.45) is 0 Å². The third kappa shape index (κ3) is 2.79. The molecule has 0 aliphatic heterocycles. The summed E-state index contributed by atoms with van der Waals surface area (Å²) in [5.41, 5.74) is 4.02. The molecule has 4 nitrogen and oxygen atoms in total. The van der Waals surface area contributed by atoms with Gasteiger partial charge in [-0.1, -0.05) is 24.3 Å². The van der Waals surface area contributed by atoms with Gasteiger partial charge in [0, 0.05) is 12.0 Å². The summed E-state index contributed by atoms with van der Waals surface area (Å²) >= 11 is 0. The van der Waals surface area contributed by atoms with Gasteiger partial charge in [0.1, 0.15) is 23.7 Å². The summed E-state index contributed by atoms with van der Waals surface area (Å²) in [7, 11) is 3.24. The minimum Gasteiger partial charge on any atom is -0.497 e. The lowest BCUT2D eigenvalue weighted by Crippen LogP contribution is -2.19. The smallest absolute Gasteiger partial charge is 0.122 e. The zero-order valence-electron chi connectivity index (χ0n) is 14.1. The van der Waals surface area contributed by atoms with E-state index in [4.69, 9.17) is 9.47 Å². The van der Waals surface area contributed by atoms with Crippen LogP contribution in [0.4, 0.5) is 0 Å². The monoisotopic (exact) mass is 326 g/mol. The molecule has 0 heterocycles. The predicted molar refractivity (Wildman–Crippen MR) is 92.3 cm³/mol. The molecule has 126 valence electrons. The van der Waals surface area contributed by atoms with Gasteiger partial charge in [0.15, 0.2) is 0 Å². The van der Waals surface area contributed by atoms with Crippen molar-refractivity contribution in [3.8, 4) is 11.5 Å². The summed E-state index contributed by atoms with van der Waals surface area (Å²) in [6.07, 6.45) is -0.949. The summed E-state index contributed by atoms with van der Waals surface area (Å²) in [5, 5.41) is 21.4. The van der Waals surface area contributed by atoms with Gasteiger partial charge in [-0.25, -0.2) is 0 Å². The predicted octanol–water partition coefficient (Wildman–Crippen LogP) is 3.34. The molecule has 0 bridgehead atoms. The summed E-state index contributed by atoms with van der Waals surface area (Å²) < 4.78 is 10.7. The number of methoxy groups -OCH3 is 2. The lowest BCUT2D eigenvalue weighted by atomic mass is 9.80. The maximum Gasteiger partial charge on any atom is 0.122 e. The van der Waals surface area contributed by atoms with Gasteiger partial charge in [0.05, 0.1) is 14.2 Å². The van der Waals surface area contributed by atoms with Crippen LogP contribution in [-0.2, 0) is 6.42 Å². The van der Waals surface area contributed by atoms with Crippen LogP contribution in [0, 0.1) is 0 Å². The van der Waals surface area contributed by atoms with Gasteiger partial charge in [-0.2, -0.15) is 0 Å². The number of hydrogen-bond donors (Lipinski definition) is 2. The molecule has 2 unspecified atom stereocenters. The Morgan fingerprint density at radius 3 is 2.21 bits per heavy atom. The molecular formula is C20H22O4.